The molecular weight excluding hydrogens is 218 g/mol. The molecule has 0 saturated heterocycles. The molecule has 0 saturated carbocycles. The maximum absolute atomic E-state index is 11.6. The van der Waals surface area contributed by atoms with Crippen LogP contribution in [0.15, 0.2) is 0 Å². The van der Waals surface area contributed by atoms with E-state index in [1.807, 2.05) is 20.9 Å². The number of alkyl halides is 1. The first kappa shape index (κ1) is 11.9. The van der Waals surface area contributed by atoms with Gasteiger partial charge in [-0.2, -0.15) is 0 Å². The fraction of sp³-hybridized carbons (Fsp3) is 0.889. The quantitative estimate of drug-likeness (QED) is 0.688. The average molecular weight is 236 g/mol. The first-order chi connectivity index (χ1) is 5.25. The van der Waals surface area contributed by atoms with Gasteiger partial charge in [0.2, 0.25) is 5.91 Å². The van der Waals surface area contributed by atoms with Gasteiger partial charge in [0, 0.05) is 13.6 Å². The van der Waals surface area contributed by atoms with Crippen molar-refractivity contribution in [2.24, 2.45) is 5.92 Å². The van der Waals surface area contributed by atoms with Gasteiger partial charge < -0.3 is 4.90 Å². The molecule has 0 radical (unpaired) electrons. The third kappa shape index (κ3) is 4.10. The molecule has 0 aliphatic carbocycles. The van der Waals surface area contributed by atoms with Gasteiger partial charge in [0.1, 0.15) is 0 Å². The highest BCUT2D eigenvalue weighted by atomic mass is 79.9. The van der Waals surface area contributed by atoms with E-state index < -0.39 is 4.32 Å². The number of rotatable bonds is 3. The van der Waals surface area contributed by atoms with Crippen LogP contribution in [0.2, 0.25) is 0 Å². The van der Waals surface area contributed by atoms with Crippen molar-refractivity contribution in [1.29, 1.82) is 0 Å². The van der Waals surface area contributed by atoms with E-state index in [2.05, 4.69) is 29.8 Å². The Morgan fingerprint density at radius 2 is 1.92 bits per heavy atom. The van der Waals surface area contributed by atoms with Crippen LogP contribution in [-0.4, -0.2) is 28.7 Å². The van der Waals surface area contributed by atoms with Crippen LogP contribution in [0.1, 0.15) is 27.7 Å². The fourth-order valence-corrected chi connectivity index (χ4v) is 1.39. The maximum atomic E-state index is 11.6. The van der Waals surface area contributed by atoms with Crippen LogP contribution in [0.3, 0.4) is 0 Å². The molecule has 2 nitrogen and oxygen atoms in total. The van der Waals surface area contributed by atoms with E-state index in [1.54, 1.807) is 4.90 Å². The minimum absolute atomic E-state index is 0.135. The monoisotopic (exact) mass is 235 g/mol. The Morgan fingerprint density at radius 1 is 1.50 bits per heavy atom. The van der Waals surface area contributed by atoms with Crippen molar-refractivity contribution in [2.75, 3.05) is 13.6 Å². The molecule has 0 rings (SSSR count). The van der Waals surface area contributed by atoms with Gasteiger partial charge in [-0.1, -0.05) is 29.8 Å². The first-order valence-corrected chi connectivity index (χ1v) is 4.99. The van der Waals surface area contributed by atoms with Crippen LogP contribution in [0, 0.1) is 5.92 Å². The van der Waals surface area contributed by atoms with Gasteiger partial charge in [0.25, 0.3) is 0 Å². The number of halogens is 1. The molecule has 0 aromatic carbocycles. The SMILES string of the molecule is CC(C)CN(C)C(=O)C(C)(C)Br. The second kappa shape index (κ2) is 4.26. The minimum Gasteiger partial charge on any atom is -0.344 e. The lowest BCUT2D eigenvalue weighted by Crippen LogP contribution is -2.40. The van der Waals surface area contributed by atoms with Crippen LogP contribution < -0.4 is 0 Å². The standard InChI is InChI=1S/C9H18BrNO/c1-7(2)6-11(5)8(12)9(3,4)10/h7H,6H2,1-5H3. The van der Waals surface area contributed by atoms with E-state index in [1.165, 1.54) is 0 Å². The highest BCUT2D eigenvalue weighted by Gasteiger charge is 2.26. The molecule has 0 bridgehead atoms. The zero-order valence-corrected chi connectivity index (χ0v) is 10.1. The second-order valence-corrected chi connectivity index (χ2v) is 6.03. The predicted molar refractivity (Wildman–Crippen MR) is 55.5 cm³/mol. The van der Waals surface area contributed by atoms with E-state index in [0.717, 1.165) is 6.54 Å². The van der Waals surface area contributed by atoms with Crippen molar-refractivity contribution < 1.29 is 4.79 Å². The zero-order chi connectivity index (χ0) is 9.94. The van der Waals surface area contributed by atoms with Crippen LogP contribution in [0.25, 0.3) is 0 Å². The van der Waals surface area contributed by atoms with Gasteiger partial charge in [0.15, 0.2) is 0 Å². The van der Waals surface area contributed by atoms with Crippen molar-refractivity contribution in [3.05, 3.63) is 0 Å². The van der Waals surface area contributed by atoms with Crippen molar-refractivity contribution >= 4 is 21.8 Å². The molecule has 0 unspecified atom stereocenters. The number of amides is 1. The highest BCUT2D eigenvalue weighted by Crippen LogP contribution is 2.18. The fourth-order valence-electron chi connectivity index (χ4n) is 1.08. The highest BCUT2D eigenvalue weighted by molar-refractivity contribution is 9.10. The van der Waals surface area contributed by atoms with Gasteiger partial charge in [-0.15, -0.1) is 0 Å². The maximum Gasteiger partial charge on any atom is 0.238 e. The molecule has 0 fully saturated rings. The molecule has 0 spiro atoms. The van der Waals surface area contributed by atoms with Crippen LogP contribution in [0.5, 0.6) is 0 Å². The second-order valence-electron chi connectivity index (χ2n) is 4.05. The van der Waals surface area contributed by atoms with Gasteiger partial charge in [-0.25, -0.2) is 0 Å². The van der Waals surface area contributed by atoms with E-state index in [-0.39, 0.29) is 5.91 Å². The summed E-state index contributed by atoms with van der Waals surface area (Å²) in [5.74, 6) is 0.657. The Hall–Kier alpha value is -0.0500. The number of carbonyl (C=O) groups excluding carboxylic acids is 1. The van der Waals surface area contributed by atoms with Crippen molar-refractivity contribution in [3.63, 3.8) is 0 Å². The van der Waals surface area contributed by atoms with Crippen molar-refractivity contribution in [1.82, 2.24) is 4.90 Å². The lowest BCUT2D eigenvalue weighted by Gasteiger charge is -2.25. The van der Waals surface area contributed by atoms with Gasteiger partial charge in [0.05, 0.1) is 4.32 Å². The largest absolute Gasteiger partial charge is 0.344 e. The van der Waals surface area contributed by atoms with Crippen molar-refractivity contribution in [2.45, 2.75) is 32.0 Å². The Bertz CT molecular complexity index is 160. The zero-order valence-electron chi connectivity index (χ0n) is 8.52. The topological polar surface area (TPSA) is 20.3 Å². The van der Waals surface area contributed by atoms with Crippen molar-refractivity contribution in [3.8, 4) is 0 Å². The van der Waals surface area contributed by atoms with E-state index >= 15 is 0 Å². The summed E-state index contributed by atoms with van der Waals surface area (Å²) in [6.45, 7) is 8.75. The summed E-state index contributed by atoms with van der Waals surface area (Å²) in [7, 11) is 1.84. The molecule has 3 heteroatoms. The molecule has 72 valence electrons. The van der Waals surface area contributed by atoms with Gasteiger partial charge in [-0.3, -0.25) is 4.79 Å². The van der Waals surface area contributed by atoms with Gasteiger partial charge >= 0.3 is 0 Å². The average Bonchev–Trinajstić information content (AvgIpc) is 1.82. The number of carbonyl (C=O) groups is 1. The molecule has 12 heavy (non-hydrogen) atoms. The smallest absolute Gasteiger partial charge is 0.238 e. The van der Waals surface area contributed by atoms with Crippen LogP contribution in [-0.2, 0) is 4.79 Å². The molecule has 0 heterocycles. The Labute approximate surface area is 83.4 Å². The number of hydrogen-bond donors (Lipinski definition) is 0. The first-order valence-electron chi connectivity index (χ1n) is 4.19. The van der Waals surface area contributed by atoms with Crippen LogP contribution >= 0.6 is 15.9 Å². The summed E-state index contributed by atoms with van der Waals surface area (Å²) in [5.41, 5.74) is 0. The molecule has 0 aliphatic rings. The molecule has 0 atom stereocenters. The molecule has 0 aromatic rings. The Balaban J connectivity index is 4.12. The van der Waals surface area contributed by atoms with Gasteiger partial charge in [-0.05, 0) is 19.8 Å². The minimum atomic E-state index is -0.434. The molecule has 0 N–H and O–H groups in total. The lowest BCUT2D eigenvalue weighted by molar-refractivity contribution is -0.131. The summed E-state index contributed by atoms with van der Waals surface area (Å²) < 4.78 is -0.434. The summed E-state index contributed by atoms with van der Waals surface area (Å²) in [6.07, 6.45) is 0. The molecule has 1 amide bonds. The number of hydrogen-bond acceptors (Lipinski definition) is 1. The normalized spacial score (nSPS) is 11.9. The third-order valence-electron chi connectivity index (χ3n) is 1.49. The third-order valence-corrected chi connectivity index (χ3v) is 1.83. The van der Waals surface area contributed by atoms with E-state index in [9.17, 15) is 4.79 Å². The lowest BCUT2D eigenvalue weighted by atomic mass is 10.1. The summed E-state index contributed by atoms with van der Waals surface area (Å²) in [4.78, 5) is 13.3. The summed E-state index contributed by atoms with van der Waals surface area (Å²) in [6, 6.07) is 0. The number of nitrogens with zero attached hydrogens (tertiary/aromatic N) is 1. The van der Waals surface area contributed by atoms with E-state index in [0.29, 0.717) is 5.92 Å². The Morgan fingerprint density at radius 3 is 2.17 bits per heavy atom. The summed E-state index contributed by atoms with van der Waals surface area (Å²) >= 11 is 3.34. The predicted octanol–water partition coefficient (Wildman–Crippen LogP) is 2.27. The Kier molecular flexibility index (Phi) is 4.24. The van der Waals surface area contributed by atoms with Crippen LogP contribution in [0.4, 0.5) is 0 Å². The summed E-state index contributed by atoms with van der Waals surface area (Å²) in [5, 5.41) is 0. The molecular formula is C9H18BrNO. The van der Waals surface area contributed by atoms with E-state index in [4.69, 9.17) is 0 Å². The molecule has 0 aromatic heterocycles. The molecule has 0 aliphatic heterocycles.